The molecule has 4 rings (SSSR count). The van der Waals surface area contributed by atoms with Crippen LogP contribution in [0.3, 0.4) is 0 Å². The lowest BCUT2D eigenvalue weighted by atomic mass is 10.1. The number of carbonyl (C=O) groups excluding carboxylic acids is 1. The van der Waals surface area contributed by atoms with Crippen molar-refractivity contribution in [2.75, 3.05) is 5.32 Å². The number of hydrogen-bond donors (Lipinski definition) is 1. The van der Waals surface area contributed by atoms with Crippen LogP contribution >= 0.6 is 11.6 Å². The van der Waals surface area contributed by atoms with E-state index in [-0.39, 0.29) is 17.7 Å². The number of halogens is 1. The van der Waals surface area contributed by atoms with Crippen molar-refractivity contribution in [1.29, 1.82) is 0 Å². The standard InChI is InChI=1S/C19H16ClN3O/c20-18-5-2-1-4-15(18)16-12-17(16)19(24)22-13-6-8-14(9-7-13)23-11-3-10-21-23/h1-11,16-17H,12H2,(H,22,24). The number of carbonyl (C=O) groups is 1. The predicted molar refractivity (Wildman–Crippen MR) is 94.5 cm³/mol. The van der Waals surface area contributed by atoms with Crippen molar-refractivity contribution < 1.29 is 4.79 Å². The van der Waals surface area contributed by atoms with E-state index in [0.717, 1.165) is 28.4 Å². The van der Waals surface area contributed by atoms with Gasteiger partial charge in [-0.2, -0.15) is 5.10 Å². The molecule has 0 saturated heterocycles. The fraction of sp³-hybridized carbons (Fsp3) is 0.158. The van der Waals surface area contributed by atoms with Gasteiger partial charge in [0.1, 0.15) is 0 Å². The molecular weight excluding hydrogens is 322 g/mol. The van der Waals surface area contributed by atoms with Gasteiger partial charge in [-0.05, 0) is 54.3 Å². The fourth-order valence-electron chi connectivity index (χ4n) is 2.96. The van der Waals surface area contributed by atoms with Gasteiger partial charge in [-0.3, -0.25) is 4.79 Å². The molecule has 24 heavy (non-hydrogen) atoms. The van der Waals surface area contributed by atoms with Crippen molar-refractivity contribution in [3.63, 3.8) is 0 Å². The van der Waals surface area contributed by atoms with Gasteiger partial charge in [0.15, 0.2) is 0 Å². The molecule has 1 amide bonds. The molecule has 2 aromatic carbocycles. The van der Waals surface area contributed by atoms with Crippen LogP contribution in [0.2, 0.25) is 5.02 Å². The average molecular weight is 338 g/mol. The first-order chi connectivity index (χ1) is 11.7. The summed E-state index contributed by atoms with van der Waals surface area (Å²) in [5, 5.41) is 7.91. The van der Waals surface area contributed by atoms with Gasteiger partial charge in [-0.1, -0.05) is 29.8 Å². The summed E-state index contributed by atoms with van der Waals surface area (Å²) >= 11 is 6.22. The molecule has 0 bridgehead atoms. The van der Waals surface area contributed by atoms with Gasteiger partial charge < -0.3 is 5.32 Å². The summed E-state index contributed by atoms with van der Waals surface area (Å²) in [5.41, 5.74) is 2.81. The highest BCUT2D eigenvalue weighted by Crippen LogP contribution is 2.49. The minimum absolute atomic E-state index is 0.00399. The molecule has 4 nitrogen and oxygen atoms in total. The Morgan fingerprint density at radius 2 is 1.92 bits per heavy atom. The number of hydrogen-bond acceptors (Lipinski definition) is 2. The third-order valence-electron chi connectivity index (χ3n) is 4.34. The maximum atomic E-state index is 12.4. The van der Waals surface area contributed by atoms with Crippen LogP contribution in [0.1, 0.15) is 17.9 Å². The topological polar surface area (TPSA) is 46.9 Å². The molecule has 120 valence electrons. The Balaban J connectivity index is 1.41. The van der Waals surface area contributed by atoms with Gasteiger partial charge in [-0.15, -0.1) is 0 Å². The van der Waals surface area contributed by atoms with Crippen molar-refractivity contribution in [2.24, 2.45) is 5.92 Å². The van der Waals surface area contributed by atoms with Gasteiger partial charge in [0.05, 0.1) is 5.69 Å². The molecule has 5 heteroatoms. The van der Waals surface area contributed by atoms with Gasteiger partial charge in [0, 0.05) is 29.0 Å². The molecule has 3 aromatic rings. The Hall–Kier alpha value is -2.59. The average Bonchev–Trinajstić information content (AvgIpc) is 3.20. The van der Waals surface area contributed by atoms with Gasteiger partial charge in [0.25, 0.3) is 0 Å². The largest absolute Gasteiger partial charge is 0.326 e. The summed E-state index contributed by atoms with van der Waals surface area (Å²) in [6, 6.07) is 17.3. The zero-order chi connectivity index (χ0) is 16.5. The van der Waals surface area contributed by atoms with Crippen molar-refractivity contribution >= 4 is 23.2 Å². The minimum Gasteiger partial charge on any atom is -0.326 e. The predicted octanol–water partition coefficient (Wildman–Crippen LogP) is 4.27. The number of amides is 1. The third kappa shape index (κ3) is 2.93. The number of nitrogens with one attached hydrogen (secondary N) is 1. The normalized spacial score (nSPS) is 19.0. The maximum Gasteiger partial charge on any atom is 0.228 e. The number of rotatable bonds is 4. The lowest BCUT2D eigenvalue weighted by Crippen LogP contribution is -2.14. The lowest BCUT2D eigenvalue weighted by Gasteiger charge is -2.07. The molecule has 1 saturated carbocycles. The van der Waals surface area contributed by atoms with Crippen LogP contribution in [0.25, 0.3) is 5.69 Å². The Labute approximate surface area is 145 Å². The van der Waals surface area contributed by atoms with Crippen LogP contribution in [0.15, 0.2) is 67.0 Å². The second-order valence-electron chi connectivity index (χ2n) is 5.96. The summed E-state index contributed by atoms with van der Waals surface area (Å²) < 4.78 is 1.78. The quantitative estimate of drug-likeness (QED) is 0.773. The van der Waals surface area contributed by atoms with Crippen molar-refractivity contribution in [3.8, 4) is 5.69 Å². The van der Waals surface area contributed by atoms with Crippen LogP contribution in [-0.4, -0.2) is 15.7 Å². The van der Waals surface area contributed by atoms with E-state index in [4.69, 9.17) is 11.6 Å². The molecule has 1 aliphatic carbocycles. The lowest BCUT2D eigenvalue weighted by molar-refractivity contribution is -0.117. The molecule has 2 unspecified atom stereocenters. The molecule has 0 spiro atoms. The van der Waals surface area contributed by atoms with E-state index in [0.29, 0.717) is 0 Å². The van der Waals surface area contributed by atoms with Crippen LogP contribution < -0.4 is 5.32 Å². The molecule has 2 atom stereocenters. The van der Waals surface area contributed by atoms with Crippen LogP contribution in [-0.2, 0) is 4.79 Å². The Kier molecular flexibility index (Phi) is 3.82. The summed E-state index contributed by atoms with van der Waals surface area (Å²) in [7, 11) is 0. The van der Waals surface area contributed by atoms with Crippen molar-refractivity contribution in [2.45, 2.75) is 12.3 Å². The Morgan fingerprint density at radius 3 is 2.62 bits per heavy atom. The fourth-order valence-corrected chi connectivity index (χ4v) is 3.23. The molecule has 1 aromatic heterocycles. The van der Waals surface area contributed by atoms with Crippen molar-refractivity contribution in [1.82, 2.24) is 9.78 Å². The molecule has 1 N–H and O–H groups in total. The Morgan fingerprint density at radius 1 is 1.12 bits per heavy atom. The summed E-state index contributed by atoms with van der Waals surface area (Å²) in [5.74, 6) is 0.268. The molecular formula is C19H16ClN3O. The Bertz CT molecular complexity index is 859. The van der Waals surface area contributed by atoms with E-state index in [1.165, 1.54) is 0 Å². The maximum absolute atomic E-state index is 12.4. The molecule has 0 aliphatic heterocycles. The minimum atomic E-state index is -0.00399. The van der Waals surface area contributed by atoms with Gasteiger partial charge >= 0.3 is 0 Å². The van der Waals surface area contributed by atoms with Gasteiger partial charge in [0.2, 0.25) is 5.91 Å². The number of benzene rings is 2. The van der Waals surface area contributed by atoms with E-state index < -0.39 is 0 Å². The monoisotopic (exact) mass is 337 g/mol. The van der Waals surface area contributed by atoms with Gasteiger partial charge in [-0.25, -0.2) is 4.68 Å². The second-order valence-corrected chi connectivity index (χ2v) is 6.36. The highest BCUT2D eigenvalue weighted by molar-refractivity contribution is 6.31. The molecule has 1 fully saturated rings. The van der Waals surface area contributed by atoms with E-state index in [9.17, 15) is 4.79 Å². The van der Waals surface area contributed by atoms with Crippen molar-refractivity contribution in [3.05, 3.63) is 77.6 Å². The number of nitrogens with zero attached hydrogens (tertiary/aromatic N) is 2. The first-order valence-corrected chi connectivity index (χ1v) is 8.25. The number of anilines is 1. The summed E-state index contributed by atoms with van der Waals surface area (Å²) in [6.45, 7) is 0. The SMILES string of the molecule is O=C(Nc1ccc(-n2cccn2)cc1)C1CC1c1ccccc1Cl. The first kappa shape index (κ1) is 15.0. The van der Waals surface area contributed by atoms with Crippen LogP contribution in [0.4, 0.5) is 5.69 Å². The molecule has 0 radical (unpaired) electrons. The highest BCUT2D eigenvalue weighted by atomic mass is 35.5. The van der Waals surface area contributed by atoms with Crippen LogP contribution in [0, 0.1) is 5.92 Å². The summed E-state index contributed by atoms with van der Waals surface area (Å²) in [4.78, 5) is 12.4. The van der Waals surface area contributed by atoms with Crippen LogP contribution in [0.5, 0.6) is 0 Å². The second kappa shape index (κ2) is 6.13. The van der Waals surface area contributed by atoms with E-state index >= 15 is 0 Å². The smallest absolute Gasteiger partial charge is 0.228 e. The zero-order valence-electron chi connectivity index (χ0n) is 12.9. The van der Waals surface area contributed by atoms with E-state index in [1.807, 2.05) is 60.8 Å². The molecule has 1 aliphatic rings. The molecule has 1 heterocycles. The first-order valence-electron chi connectivity index (χ1n) is 7.88. The highest BCUT2D eigenvalue weighted by Gasteiger charge is 2.44. The third-order valence-corrected chi connectivity index (χ3v) is 4.68. The zero-order valence-corrected chi connectivity index (χ0v) is 13.6. The van der Waals surface area contributed by atoms with E-state index in [2.05, 4.69) is 10.4 Å². The van der Waals surface area contributed by atoms with E-state index in [1.54, 1.807) is 10.9 Å². The summed E-state index contributed by atoms with van der Waals surface area (Å²) in [6.07, 6.45) is 4.46. The number of aromatic nitrogens is 2.